The maximum absolute atomic E-state index is 11.9. The third kappa shape index (κ3) is 2.68. The first-order chi connectivity index (χ1) is 10.7. The average Bonchev–Trinajstić information content (AvgIpc) is 2.79. The summed E-state index contributed by atoms with van der Waals surface area (Å²) in [5.74, 6) is 0.538. The Kier molecular flexibility index (Phi) is 3.84. The molecule has 22 heavy (non-hydrogen) atoms. The number of carbonyl (C=O) groups is 2. The molecule has 0 spiro atoms. The zero-order valence-electron chi connectivity index (χ0n) is 11.8. The summed E-state index contributed by atoms with van der Waals surface area (Å²) in [6.45, 7) is 0.870. The molecule has 3 rings (SSSR count). The summed E-state index contributed by atoms with van der Waals surface area (Å²) in [5, 5.41) is 3.42. The number of hydrogen-bond donors (Lipinski definition) is 0. The summed E-state index contributed by atoms with van der Waals surface area (Å²) in [4.78, 5) is 27.9. The van der Waals surface area contributed by atoms with Crippen molar-refractivity contribution in [2.24, 2.45) is 5.11 Å². The summed E-state index contributed by atoms with van der Waals surface area (Å²) < 4.78 is 10.7. The molecule has 0 aromatic heterocycles. The van der Waals surface area contributed by atoms with E-state index < -0.39 is 12.2 Å². The van der Waals surface area contributed by atoms with E-state index in [9.17, 15) is 9.59 Å². The Morgan fingerprint density at radius 2 is 2.27 bits per heavy atom. The van der Waals surface area contributed by atoms with Crippen LogP contribution in [0.2, 0.25) is 0 Å². The Hall–Kier alpha value is -2.73. The second kappa shape index (κ2) is 5.95. The number of cyclic esters (lactones) is 1. The van der Waals surface area contributed by atoms with E-state index in [1.165, 1.54) is 4.90 Å². The standard InChI is InChI=1S/C14H14N4O4/c15-17-16-7-10-8-18(14(20)22-10)9-3-4-11-12(19)2-1-5-21-13(11)6-9/h3-4,6,10H,1-2,5,7-8H2/t10-/m0/s1. The summed E-state index contributed by atoms with van der Waals surface area (Å²) in [5.41, 5.74) is 9.46. The molecule has 1 saturated heterocycles. The molecular weight excluding hydrogens is 288 g/mol. The van der Waals surface area contributed by atoms with Gasteiger partial charge in [-0.2, -0.15) is 0 Å². The maximum atomic E-state index is 11.9. The van der Waals surface area contributed by atoms with E-state index in [1.807, 2.05) is 0 Å². The number of amides is 1. The minimum absolute atomic E-state index is 0.0456. The molecule has 1 aromatic rings. The Morgan fingerprint density at radius 1 is 1.41 bits per heavy atom. The van der Waals surface area contributed by atoms with Gasteiger partial charge in [-0.05, 0) is 24.1 Å². The van der Waals surface area contributed by atoms with Gasteiger partial charge in [-0.15, -0.1) is 0 Å². The number of ketones is 1. The molecule has 0 saturated carbocycles. The van der Waals surface area contributed by atoms with Crippen LogP contribution in [0.4, 0.5) is 10.5 Å². The number of rotatable bonds is 3. The molecule has 1 aromatic carbocycles. The van der Waals surface area contributed by atoms with Crippen LogP contribution in [-0.4, -0.2) is 37.7 Å². The van der Waals surface area contributed by atoms with Crippen LogP contribution in [0.1, 0.15) is 23.2 Å². The minimum atomic E-state index is -0.502. The number of azide groups is 1. The fraction of sp³-hybridized carbons (Fsp3) is 0.429. The van der Waals surface area contributed by atoms with Crippen LogP contribution >= 0.6 is 0 Å². The third-order valence-corrected chi connectivity index (χ3v) is 3.61. The number of Topliss-reactive ketones (excluding diaryl/α,β-unsaturated/α-hetero) is 1. The molecule has 114 valence electrons. The molecule has 1 atom stereocenters. The van der Waals surface area contributed by atoms with Gasteiger partial charge in [0.15, 0.2) is 5.78 Å². The minimum Gasteiger partial charge on any atom is -0.493 e. The second-order valence-corrected chi connectivity index (χ2v) is 5.09. The number of nitrogens with zero attached hydrogens (tertiary/aromatic N) is 4. The van der Waals surface area contributed by atoms with Gasteiger partial charge >= 0.3 is 6.09 Å². The molecule has 8 nitrogen and oxygen atoms in total. The molecular formula is C14H14N4O4. The van der Waals surface area contributed by atoms with Crippen LogP contribution in [0.3, 0.4) is 0 Å². The van der Waals surface area contributed by atoms with Gasteiger partial charge in [-0.3, -0.25) is 9.69 Å². The van der Waals surface area contributed by atoms with E-state index in [2.05, 4.69) is 10.0 Å². The van der Waals surface area contributed by atoms with Gasteiger partial charge in [0.1, 0.15) is 11.9 Å². The molecule has 2 heterocycles. The Bertz CT molecular complexity index is 669. The molecule has 8 heteroatoms. The van der Waals surface area contributed by atoms with Gasteiger partial charge in [0.2, 0.25) is 0 Å². The van der Waals surface area contributed by atoms with Crippen LogP contribution in [0, 0.1) is 0 Å². The smallest absolute Gasteiger partial charge is 0.414 e. The highest BCUT2D eigenvalue weighted by Gasteiger charge is 2.32. The lowest BCUT2D eigenvalue weighted by Crippen LogP contribution is -2.25. The van der Waals surface area contributed by atoms with Gasteiger partial charge in [-0.25, -0.2) is 4.79 Å². The largest absolute Gasteiger partial charge is 0.493 e. The second-order valence-electron chi connectivity index (χ2n) is 5.09. The zero-order valence-corrected chi connectivity index (χ0v) is 11.8. The SMILES string of the molecule is [N-]=[N+]=NC[C@H]1CN(c2ccc3c(c2)OCCCC3=O)C(=O)O1. The summed E-state index contributed by atoms with van der Waals surface area (Å²) in [6.07, 6.45) is 0.178. The van der Waals surface area contributed by atoms with Crippen LogP contribution in [0.25, 0.3) is 10.4 Å². The van der Waals surface area contributed by atoms with E-state index in [1.54, 1.807) is 18.2 Å². The number of benzene rings is 1. The predicted octanol–water partition coefficient (Wildman–Crippen LogP) is 2.68. The Balaban J connectivity index is 1.83. The normalized spacial score (nSPS) is 20.5. The lowest BCUT2D eigenvalue weighted by atomic mass is 10.1. The van der Waals surface area contributed by atoms with Crippen LogP contribution < -0.4 is 9.64 Å². The van der Waals surface area contributed by atoms with Crippen molar-refractivity contribution in [3.05, 3.63) is 34.2 Å². The van der Waals surface area contributed by atoms with E-state index in [4.69, 9.17) is 15.0 Å². The predicted molar refractivity (Wildman–Crippen MR) is 77.1 cm³/mol. The van der Waals surface area contributed by atoms with Crippen molar-refractivity contribution in [3.63, 3.8) is 0 Å². The summed E-state index contributed by atoms with van der Waals surface area (Å²) in [7, 11) is 0. The molecule has 2 aliphatic rings. The van der Waals surface area contributed by atoms with Crippen LogP contribution in [-0.2, 0) is 4.74 Å². The molecule has 1 amide bonds. The monoisotopic (exact) mass is 302 g/mol. The van der Waals surface area contributed by atoms with Crippen molar-refractivity contribution in [1.29, 1.82) is 0 Å². The molecule has 0 bridgehead atoms. The molecule has 0 radical (unpaired) electrons. The first-order valence-corrected chi connectivity index (χ1v) is 6.98. The summed E-state index contributed by atoms with van der Waals surface area (Å²) >= 11 is 0. The molecule has 0 aliphatic carbocycles. The first kappa shape index (κ1) is 14.2. The highest BCUT2D eigenvalue weighted by Crippen LogP contribution is 2.31. The third-order valence-electron chi connectivity index (χ3n) is 3.61. The van der Waals surface area contributed by atoms with Gasteiger partial charge in [0.05, 0.1) is 30.9 Å². The molecule has 2 aliphatic heterocycles. The lowest BCUT2D eigenvalue weighted by Gasteiger charge is -2.15. The number of carbonyl (C=O) groups excluding carboxylic acids is 2. The van der Waals surface area contributed by atoms with Crippen molar-refractivity contribution in [2.75, 3.05) is 24.6 Å². The fourth-order valence-electron chi connectivity index (χ4n) is 2.53. The number of hydrogen-bond acceptors (Lipinski definition) is 5. The van der Waals surface area contributed by atoms with E-state index in [0.29, 0.717) is 43.0 Å². The van der Waals surface area contributed by atoms with Crippen molar-refractivity contribution >= 4 is 17.6 Å². The molecule has 0 N–H and O–H groups in total. The summed E-state index contributed by atoms with van der Waals surface area (Å²) in [6, 6.07) is 5.05. The fourth-order valence-corrected chi connectivity index (χ4v) is 2.53. The maximum Gasteiger partial charge on any atom is 0.414 e. The van der Waals surface area contributed by atoms with E-state index in [-0.39, 0.29) is 12.3 Å². The van der Waals surface area contributed by atoms with Gasteiger partial charge in [0, 0.05) is 17.4 Å². The lowest BCUT2D eigenvalue weighted by molar-refractivity contribution is 0.0983. The molecule has 0 unspecified atom stereocenters. The van der Waals surface area contributed by atoms with Gasteiger partial charge < -0.3 is 9.47 Å². The van der Waals surface area contributed by atoms with E-state index >= 15 is 0 Å². The molecule has 1 fully saturated rings. The van der Waals surface area contributed by atoms with Gasteiger partial charge in [0.25, 0.3) is 0 Å². The highest BCUT2D eigenvalue weighted by atomic mass is 16.6. The first-order valence-electron chi connectivity index (χ1n) is 6.98. The Labute approximate surface area is 126 Å². The van der Waals surface area contributed by atoms with Gasteiger partial charge in [-0.1, -0.05) is 5.11 Å². The number of fused-ring (bicyclic) bond motifs is 1. The Morgan fingerprint density at radius 3 is 3.09 bits per heavy atom. The van der Waals surface area contributed by atoms with Crippen molar-refractivity contribution in [3.8, 4) is 5.75 Å². The topological polar surface area (TPSA) is 105 Å². The quantitative estimate of drug-likeness (QED) is 0.486. The zero-order chi connectivity index (χ0) is 15.5. The number of anilines is 1. The average molecular weight is 302 g/mol. The van der Waals surface area contributed by atoms with Crippen molar-refractivity contribution in [2.45, 2.75) is 18.9 Å². The highest BCUT2D eigenvalue weighted by molar-refractivity contribution is 6.00. The van der Waals surface area contributed by atoms with Crippen LogP contribution in [0.5, 0.6) is 5.75 Å². The van der Waals surface area contributed by atoms with Crippen molar-refractivity contribution < 1.29 is 19.1 Å². The van der Waals surface area contributed by atoms with E-state index in [0.717, 1.165) is 0 Å². The number of ether oxygens (including phenoxy) is 2. The van der Waals surface area contributed by atoms with Crippen molar-refractivity contribution in [1.82, 2.24) is 0 Å². The van der Waals surface area contributed by atoms with Crippen LogP contribution in [0.15, 0.2) is 23.3 Å².